The van der Waals surface area contributed by atoms with Crippen molar-refractivity contribution < 1.29 is 4.79 Å². The number of piperidine rings is 2. The molecule has 7 nitrogen and oxygen atoms in total. The lowest BCUT2D eigenvalue weighted by Gasteiger charge is -2.37. The predicted octanol–water partition coefficient (Wildman–Crippen LogP) is 3.92. The van der Waals surface area contributed by atoms with Gasteiger partial charge in [0.15, 0.2) is 11.5 Å². The molecule has 1 aromatic carbocycles. The summed E-state index contributed by atoms with van der Waals surface area (Å²) in [7, 11) is 0. The van der Waals surface area contributed by atoms with Crippen molar-refractivity contribution in [1.29, 1.82) is 0 Å². The zero-order valence-corrected chi connectivity index (χ0v) is 18.5. The molecule has 0 spiro atoms. The zero-order chi connectivity index (χ0) is 21.4. The fraction of sp³-hybridized carbons (Fsp3) is 0.478. The molecule has 3 aromatic rings. The number of aromatic nitrogens is 4. The Bertz CT molecular complexity index is 1070. The van der Waals surface area contributed by atoms with Crippen molar-refractivity contribution >= 4 is 29.0 Å². The smallest absolute Gasteiger partial charge is 0.225 e. The lowest BCUT2D eigenvalue weighted by atomic mass is 9.92. The standard InChI is InChI=1S/C23H27ClN6O/c1-16-8-12-29(13-9-16)23(31)18-10-14-28(15-11-18)21-7-6-20-25-26-22(30(20)27-21)17-2-4-19(24)5-3-17/h2-7,16,18H,8-15H2,1H3. The highest BCUT2D eigenvalue weighted by Gasteiger charge is 2.30. The van der Waals surface area contributed by atoms with Gasteiger partial charge in [0.25, 0.3) is 0 Å². The summed E-state index contributed by atoms with van der Waals surface area (Å²) >= 11 is 6.02. The third-order valence-electron chi connectivity index (χ3n) is 6.61. The third-order valence-corrected chi connectivity index (χ3v) is 6.87. The summed E-state index contributed by atoms with van der Waals surface area (Å²) in [4.78, 5) is 17.3. The fourth-order valence-corrected chi connectivity index (χ4v) is 4.70. The van der Waals surface area contributed by atoms with Crippen molar-refractivity contribution in [3.63, 3.8) is 0 Å². The minimum Gasteiger partial charge on any atom is -0.355 e. The Hall–Kier alpha value is -2.67. The molecule has 2 aliphatic rings. The van der Waals surface area contributed by atoms with Crippen molar-refractivity contribution in [3.05, 3.63) is 41.4 Å². The van der Waals surface area contributed by atoms with Gasteiger partial charge in [-0.25, -0.2) is 0 Å². The first-order valence-electron chi connectivity index (χ1n) is 11.1. The first kappa shape index (κ1) is 20.2. The van der Waals surface area contributed by atoms with Crippen molar-refractivity contribution in [2.24, 2.45) is 11.8 Å². The Kier molecular flexibility index (Phi) is 5.52. The second kappa shape index (κ2) is 8.46. The first-order chi connectivity index (χ1) is 15.1. The molecule has 4 heterocycles. The topological polar surface area (TPSA) is 66.6 Å². The Balaban J connectivity index is 1.29. The molecule has 0 bridgehead atoms. The Morgan fingerprint density at radius 2 is 1.65 bits per heavy atom. The van der Waals surface area contributed by atoms with Crippen LogP contribution >= 0.6 is 11.6 Å². The average molecular weight is 439 g/mol. The number of hydrogen-bond acceptors (Lipinski definition) is 5. The molecule has 0 atom stereocenters. The van der Waals surface area contributed by atoms with Crippen LogP contribution in [-0.2, 0) is 4.79 Å². The molecule has 8 heteroatoms. The van der Waals surface area contributed by atoms with E-state index in [1.54, 1.807) is 4.52 Å². The molecular weight excluding hydrogens is 412 g/mol. The molecule has 2 aromatic heterocycles. The zero-order valence-electron chi connectivity index (χ0n) is 17.7. The van der Waals surface area contributed by atoms with Crippen LogP contribution in [0.15, 0.2) is 36.4 Å². The van der Waals surface area contributed by atoms with Gasteiger partial charge in [-0.2, -0.15) is 4.52 Å². The number of nitrogens with zero attached hydrogens (tertiary/aromatic N) is 6. The summed E-state index contributed by atoms with van der Waals surface area (Å²) in [5, 5.41) is 14.1. The highest BCUT2D eigenvalue weighted by Crippen LogP contribution is 2.27. The highest BCUT2D eigenvalue weighted by atomic mass is 35.5. The lowest BCUT2D eigenvalue weighted by molar-refractivity contribution is -0.137. The first-order valence-corrected chi connectivity index (χ1v) is 11.5. The summed E-state index contributed by atoms with van der Waals surface area (Å²) in [6.07, 6.45) is 4.00. The number of benzene rings is 1. The van der Waals surface area contributed by atoms with Crippen LogP contribution < -0.4 is 4.90 Å². The lowest BCUT2D eigenvalue weighted by Crippen LogP contribution is -2.45. The van der Waals surface area contributed by atoms with E-state index in [0.29, 0.717) is 22.4 Å². The van der Waals surface area contributed by atoms with Crippen LogP contribution in [0.1, 0.15) is 32.6 Å². The molecule has 0 radical (unpaired) electrons. The fourth-order valence-electron chi connectivity index (χ4n) is 4.57. The number of carbonyl (C=O) groups excluding carboxylic acids is 1. The Morgan fingerprint density at radius 3 is 2.35 bits per heavy atom. The van der Waals surface area contributed by atoms with Gasteiger partial charge < -0.3 is 9.80 Å². The van der Waals surface area contributed by atoms with Crippen molar-refractivity contribution in [2.75, 3.05) is 31.1 Å². The van der Waals surface area contributed by atoms with Crippen LogP contribution in [0.2, 0.25) is 5.02 Å². The van der Waals surface area contributed by atoms with E-state index < -0.39 is 0 Å². The van der Waals surface area contributed by atoms with Gasteiger partial charge in [0.1, 0.15) is 5.82 Å². The van der Waals surface area contributed by atoms with E-state index in [0.717, 1.165) is 69.2 Å². The monoisotopic (exact) mass is 438 g/mol. The molecule has 1 amide bonds. The molecule has 2 aliphatic heterocycles. The Morgan fingerprint density at radius 1 is 0.935 bits per heavy atom. The van der Waals surface area contributed by atoms with Crippen molar-refractivity contribution in [2.45, 2.75) is 32.6 Å². The van der Waals surface area contributed by atoms with Gasteiger partial charge in [-0.3, -0.25) is 4.79 Å². The number of rotatable bonds is 3. The SMILES string of the molecule is CC1CCN(C(=O)C2CCN(c3ccc4nnc(-c5ccc(Cl)cc5)n4n3)CC2)CC1. The summed E-state index contributed by atoms with van der Waals surface area (Å²) in [5.74, 6) is 2.80. The van der Waals surface area contributed by atoms with Crippen LogP contribution in [-0.4, -0.2) is 56.8 Å². The van der Waals surface area contributed by atoms with Crippen LogP contribution in [0, 0.1) is 11.8 Å². The van der Waals surface area contributed by atoms with Crippen molar-refractivity contribution in [3.8, 4) is 11.4 Å². The summed E-state index contributed by atoms with van der Waals surface area (Å²) in [6.45, 7) is 5.77. The maximum Gasteiger partial charge on any atom is 0.225 e. The number of likely N-dealkylation sites (tertiary alicyclic amines) is 1. The van der Waals surface area contributed by atoms with E-state index in [1.807, 2.05) is 36.4 Å². The maximum absolute atomic E-state index is 12.9. The van der Waals surface area contributed by atoms with Crippen LogP contribution in [0.25, 0.3) is 17.0 Å². The molecule has 0 unspecified atom stereocenters. The van der Waals surface area contributed by atoms with Crippen molar-refractivity contribution in [1.82, 2.24) is 24.7 Å². The van der Waals surface area contributed by atoms with E-state index in [4.69, 9.17) is 16.7 Å². The predicted molar refractivity (Wildman–Crippen MR) is 121 cm³/mol. The highest BCUT2D eigenvalue weighted by molar-refractivity contribution is 6.30. The summed E-state index contributed by atoms with van der Waals surface area (Å²) in [5.41, 5.74) is 1.62. The minimum absolute atomic E-state index is 0.132. The van der Waals surface area contributed by atoms with Gasteiger partial charge in [0, 0.05) is 42.7 Å². The minimum atomic E-state index is 0.132. The molecule has 31 heavy (non-hydrogen) atoms. The molecule has 0 aliphatic carbocycles. The quantitative estimate of drug-likeness (QED) is 0.620. The number of carbonyl (C=O) groups is 1. The van der Waals surface area contributed by atoms with Gasteiger partial charge in [-0.15, -0.1) is 15.3 Å². The third kappa shape index (κ3) is 4.11. The van der Waals surface area contributed by atoms with E-state index >= 15 is 0 Å². The largest absolute Gasteiger partial charge is 0.355 e. The normalized spacial score (nSPS) is 18.6. The van der Waals surface area contributed by atoms with Gasteiger partial charge in [-0.05, 0) is 68.0 Å². The second-order valence-electron chi connectivity index (χ2n) is 8.76. The van der Waals surface area contributed by atoms with Crippen LogP contribution in [0.5, 0.6) is 0 Å². The van der Waals surface area contributed by atoms with Gasteiger partial charge in [0.2, 0.25) is 5.91 Å². The summed E-state index contributed by atoms with van der Waals surface area (Å²) < 4.78 is 1.78. The number of fused-ring (bicyclic) bond motifs is 1. The summed E-state index contributed by atoms with van der Waals surface area (Å²) in [6, 6.07) is 11.5. The average Bonchev–Trinajstić information content (AvgIpc) is 3.23. The maximum atomic E-state index is 12.9. The van der Waals surface area contributed by atoms with Crippen LogP contribution in [0.4, 0.5) is 5.82 Å². The Labute approximate surface area is 187 Å². The number of amides is 1. The van der Waals surface area contributed by atoms with Gasteiger partial charge >= 0.3 is 0 Å². The molecule has 2 fully saturated rings. The number of anilines is 1. The molecular formula is C23H27ClN6O. The molecule has 0 N–H and O–H groups in total. The van der Waals surface area contributed by atoms with E-state index in [1.165, 1.54) is 0 Å². The number of halogens is 1. The molecule has 5 rings (SSSR count). The van der Waals surface area contributed by atoms with E-state index in [2.05, 4.69) is 26.9 Å². The molecule has 0 saturated carbocycles. The van der Waals surface area contributed by atoms with Crippen LogP contribution in [0.3, 0.4) is 0 Å². The van der Waals surface area contributed by atoms with E-state index in [-0.39, 0.29) is 5.92 Å². The second-order valence-corrected chi connectivity index (χ2v) is 9.20. The van der Waals surface area contributed by atoms with Gasteiger partial charge in [0.05, 0.1) is 0 Å². The van der Waals surface area contributed by atoms with E-state index in [9.17, 15) is 4.79 Å². The molecule has 162 valence electrons. The number of hydrogen-bond donors (Lipinski definition) is 0. The molecule has 2 saturated heterocycles. The van der Waals surface area contributed by atoms with Gasteiger partial charge in [-0.1, -0.05) is 18.5 Å².